The fourth-order valence-electron chi connectivity index (χ4n) is 2.60. The van der Waals surface area contributed by atoms with Crippen LogP contribution in [0.2, 0.25) is 0 Å². The zero-order chi connectivity index (χ0) is 15.8. The Labute approximate surface area is 136 Å². The number of hydrogen-bond acceptors (Lipinski definition) is 4. The molecule has 0 bridgehead atoms. The minimum atomic E-state index is -0.424. The number of nitrogens with two attached hydrogens (primary N) is 1. The van der Waals surface area contributed by atoms with Crippen molar-refractivity contribution in [1.82, 2.24) is 4.90 Å². The maximum absolute atomic E-state index is 12.4. The van der Waals surface area contributed by atoms with Gasteiger partial charge < -0.3 is 10.6 Å². The number of halogens is 1. The molecule has 22 heavy (non-hydrogen) atoms. The number of nitrogens with zero attached hydrogens (tertiary/aromatic N) is 2. The summed E-state index contributed by atoms with van der Waals surface area (Å²) in [7, 11) is 0. The molecule has 1 amide bonds. The quantitative estimate of drug-likeness (QED) is 0.667. The van der Waals surface area contributed by atoms with Crippen LogP contribution >= 0.6 is 12.4 Å². The molecule has 1 aliphatic rings. The standard InChI is InChI=1S/C15H21N3O3.ClH/c1-15(2,3)12-5-4-10(8-13(12)18(20)21)14(19)17-7-6-11(16)9-17;/h4-5,8,11H,6-7,9,16H2,1-3H3;1H/t11-;/m1./s1. The Balaban J connectivity index is 0.00000242. The molecule has 2 N–H and O–H groups in total. The van der Waals surface area contributed by atoms with E-state index in [0.29, 0.717) is 24.2 Å². The summed E-state index contributed by atoms with van der Waals surface area (Å²) in [5, 5.41) is 11.3. The van der Waals surface area contributed by atoms with Crippen LogP contribution in [0.25, 0.3) is 0 Å². The van der Waals surface area contributed by atoms with E-state index in [1.807, 2.05) is 20.8 Å². The van der Waals surface area contributed by atoms with Crippen LogP contribution in [0.4, 0.5) is 5.69 Å². The Bertz CT molecular complexity index is 584. The lowest BCUT2D eigenvalue weighted by atomic mass is 9.85. The van der Waals surface area contributed by atoms with Crippen molar-refractivity contribution in [2.75, 3.05) is 13.1 Å². The molecule has 6 nitrogen and oxygen atoms in total. The normalized spacial score (nSPS) is 18.0. The van der Waals surface area contributed by atoms with Gasteiger partial charge in [0.1, 0.15) is 0 Å². The van der Waals surface area contributed by atoms with Crippen LogP contribution in [-0.2, 0) is 5.41 Å². The third kappa shape index (κ3) is 3.75. The van der Waals surface area contributed by atoms with Gasteiger partial charge in [0.05, 0.1) is 4.92 Å². The molecule has 1 heterocycles. The molecule has 1 aromatic carbocycles. The van der Waals surface area contributed by atoms with Crippen LogP contribution in [0.5, 0.6) is 0 Å². The van der Waals surface area contributed by atoms with Gasteiger partial charge in [-0.15, -0.1) is 12.4 Å². The Morgan fingerprint density at radius 2 is 2.05 bits per heavy atom. The monoisotopic (exact) mass is 327 g/mol. The number of hydrogen-bond donors (Lipinski definition) is 1. The molecule has 122 valence electrons. The Morgan fingerprint density at radius 3 is 2.50 bits per heavy atom. The predicted molar refractivity (Wildman–Crippen MR) is 87.5 cm³/mol. The second kappa shape index (κ2) is 6.62. The van der Waals surface area contributed by atoms with E-state index in [-0.39, 0.29) is 35.5 Å². The van der Waals surface area contributed by atoms with Crippen molar-refractivity contribution in [1.29, 1.82) is 0 Å². The molecule has 0 saturated carbocycles. The molecule has 0 spiro atoms. The van der Waals surface area contributed by atoms with Crippen LogP contribution in [-0.4, -0.2) is 34.9 Å². The molecule has 0 aromatic heterocycles. The number of benzene rings is 1. The summed E-state index contributed by atoms with van der Waals surface area (Å²) in [5.74, 6) is -0.188. The van der Waals surface area contributed by atoms with Gasteiger partial charge in [0, 0.05) is 36.3 Å². The highest BCUT2D eigenvalue weighted by Gasteiger charge is 2.29. The van der Waals surface area contributed by atoms with E-state index in [2.05, 4.69) is 0 Å². The molecule has 2 rings (SSSR count). The summed E-state index contributed by atoms with van der Waals surface area (Å²) in [4.78, 5) is 24.9. The van der Waals surface area contributed by atoms with E-state index < -0.39 is 4.92 Å². The number of nitro benzene ring substituents is 1. The zero-order valence-corrected chi connectivity index (χ0v) is 13.9. The third-order valence-electron chi connectivity index (χ3n) is 3.76. The SMILES string of the molecule is CC(C)(C)c1ccc(C(=O)N2CC[C@@H](N)C2)cc1[N+](=O)[O-].Cl. The molecule has 0 aliphatic carbocycles. The number of likely N-dealkylation sites (tertiary alicyclic amines) is 1. The lowest BCUT2D eigenvalue weighted by molar-refractivity contribution is -0.386. The summed E-state index contributed by atoms with van der Waals surface area (Å²) in [6.45, 7) is 6.85. The Hall–Kier alpha value is -1.66. The van der Waals surface area contributed by atoms with Crippen molar-refractivity contribution in [3.63, 3.8) is 0 Å². The first kappa shape index (κ1) is 18.4. The molecule has 0 unspecified atom stereocenters. The first-order valence-electron chi connectivity index (χ1n) is 7.04. The lowest BCUT2D eigenvalue weighted by Crippen LogP contribution is -2.32. The summed E-state index contributed by atoms with van der Waals surface area (Å²) in [5.41, 5.74) is 6.43. The summed E-state index contributed by atoms with van der Waals surface area (Å²) in [6, 6.07) is 4.73. The van der Waals surface area contributed by atoms with Crippen molar-refractivity contribution in [2.24, 2.45) is 5.73 Å². The second-order valence-corrected chi connectivity index (χ2v) is 6.54. The summed E-state index contributed by atoms with van der Waals surface area (Å²) < 4.78 is 0. The topological polar surface area (TPSA) is 89.5 Å². The van der Waals surface area contributed by atoms with Gasteiger partial charge in [-0.1, -0.05) is 26.8 Å². The highest BCUT2D eigenvalue weighted by molar-refractivity contribution is 5.95. The van der Waals surface area contributed by atoms with Crippen molar-refractivity contribution in [3.8, 4) is 0 Å². The van der Waals surface area contributed by atoms with Gasteiger partial charge in [0.25, 0.3) is 11.6 Å². The van der Waals surface area contributed by atoms with Crippen LogP contribution in [0.3, 0.4) is 0 Å². The van der Waals surface area contributed by atoms with E-state index in [0.717, 1.165) is 6.42 Å². The minimum Gasteiger partial charge on any atom is -0.337 e. The Kier molecular flexibility index (Phi) is 5.54. The smallest absolute Gasteiger partial charge is 0.273 e. The predicted octanol–water partition coefficient (Wildman–Crippen LogP) is 2.49. The van der Waals surface area contributed by atoms with Crippen LogP contribution in [0.1, 0.15) is 43.1 Å². The minimum absolute atomic E-state index is 0. The highest BCUT2D eigenvalue weighted by atomic mass is 35.5. The van der Waals surface area contributed by atoms with Gasteiger partial charge in [-0.3, -0.25) is 14.9 Å². The van der Waals surface area contributed by atoms with E-state index in [4.69, 9.17) is 5.73 Å². The summed E-state index contributed by atoms with van der Waals surface area (Å²) >= 11 is 0. The van der Waals surface area contributed by atoms with E-state index >= 15 is 0 Å². The molecule has 1 atom stereocenters. The van der Waals surface area contributed by atoms with Gasteiger partial charge in [0.15, 0.2) is 0 Å². The molecule has 1 aromatic rings. The molecule has 0 radical (unpaired) electrons. The zero-order valence-electron chi connectivity index (χ0n) is 13.0. The highest BCUT2D eigenvalue weighted by Crippen LogP contribution is 2.32. The maximum atomic E-state index is 12.4. The number of amides is 1. The van der Waals surface area contributed by atoms with Crippen molar-refractivity contribution >= 4 is 24.0 Å². The first-order valence-corrected chi connectivity index (χ1v) is 7.04. The number of carbonyl (C=O) groups is 1. The fourth-order valence-corrected chi connectivity index (χ4v) is 2.60. The van der Waals surface area contributed by atoms with Crippen LogP contribution in [0, 0.1) is 10.1 Å². The Morgan fingerprint density at radius 1 is 1.41 bits per heavy atom. The van der Waals surface area contributed by atoms with Crippen LogP contribution < -0.4 is 5.73 Å². The largest absolute Gasteiger partial charge is 0.337 e. The van der Waals surface area contributed by atoms with Gasteiger partial charge in [0.2, 0.25) is 0 Å². The average Bonchev–Trinajstić information content (AvgIpc) is 2.82. The number of carbonyl (C=O) groups excluding carboxylic acids is 1. The molecule has 1 aliphatic heterocycles. The second-order valence-electron chi connectivity index (χ2n) is 6.54. The van der Waals surface area contributed by atoms with Gasteiger partial charge >= 0.3 is 0 Å². The van der Waals surface area contributed by atoms with Crippen molar-refractivity contribution in [2.45, 2.75) is 38.6 Å². The molecule has 1 saturated heterocycles. The summed E-state index contributed by atoms with van der Waals surface area (Å²) in [6.07, 6.45) is 0.772. The van der Waals surface area contributed by atoms with E-state index in [1.54, 1.807) is 17.0 Å². The van der Waals surface area contributed by atoms with Crippen molar-refractivity contribution in [3.05, 3.63) is 39.4 Å². The van der Waals surface area contributed by atoms with Crippen molar-refractivity contribution < 1.29 is 9.72 Å². The maximum Gasteiger partial charge on any atom is 0.273 e. The molecule has 1 fully saturated rings. The van der Waals surface area contributed by atoms with E-state index in [1.165, 1.54) is 6.07 Å². The first-order chi connectivity index (χ1) is 9.70. The fraction of sp³-hybridized carbons (Fsp3) is 0.533. The third-order valence-corrected chi connectivity index (χ3v) is 3.76. The molecular formula is C15H22ClN3O3. The van der Waals surface area contributed by atoms with Gasteiger partial charge in [-0.05, 0) is 17.9 Å². The van der Waals surface area contributed by atoms with Crippen LogP contribution in [0.15, 0.2) is 18.2 Å². The number of nitro groups is 1. The van der Waals surface area contributed by atoms with Gasteiger partial charge in [-0.2, -0.15) is 0 Å². The lowest BCUT2D eigenvalue weighted by Gasteiger charge is -2.20. The number of rotatable bonds is 2. The molecular weight excluding hydrogens is 306 g/mol. The van der Waals surface area contributed by atoms with E-state index in [9.17, 15) is 14.9 Å². The molecule has 7 heteroatoms. The van der Waals surface area contributed by atoms with Gasteiger partial charge in [-0.25, -0.2) is 0 Å². The average molecular weight is 328 g/mol.